The zero-order chi connectivity index (χ0) is 11.3. The summed E-state index contributed by atoms with van der Waals surface area (Å²) in [5.41, 5.74) is 0. The standard InChI is InChI=1S/C12H24N2S/c1-4-8-13-12(15)14(3)11-7-5-6-10(2)9-11/h10-11H,4-9H2,1-3H3,(H,13,15). The number of nitrogens with zero attached hydrogens (tertiary/aromatic N) is 1. The minimum Gasteiger partial charge on any atom is -0.363 e. The van der Waals surface area contributed by atoms with Crippen LogP contribution in [0.4, 0.5) is 0 Å². The Morgan fingerprint density at radius 1 is 1.47 bits per heavy atom. The van der Waals surface area contributed by atoms with Gasteiger partial charge in [0.05, 0.1) is 0 Å². The highest BCUT2D eigenvalue weighted by atomic mass is 32.1. The van der Waals surface area contributed by atoms with E-state index in [0.29, 0.717) is 6.04 Å². The molecule has 0 aliphatic heterocycles. The van der Waals surface area contributed by atoms with Gasteiger partial charge >= 0.3 is 0 Å². The molecule has 1 aliphatic carbocycles. The average molecular weight is 228 g/mol. The lowest BCUT2D eigenvalue weighted by Gasteiger charge is -2.35. The smallest absolute Gasteiger partial charge is 0.168 e. The van der Waals surface area contributed by atoms with E-state index in [0.717, 1.165) is 24.0 Å². The van der Waals surface area contributed by atoms with Crippen molar-refractivity contribution in [2.45, 2.75) is 52.0 Å². The van der Waals surface area contributed by atoms with E-state index in [2.05, 4.69) is 31.1 Å². The van der Waals surface area contributed by atoms with Crippen LogP contribution >= 0.6 is 12.2 Å². The highest BCUT2D eigenvalue weighted by Gasteiger charge is 2.23. The molecular formula is C12H24N2S. The Labute approximate surface area is 99.4 Å². The lowest BCUT2D eigenvalue weighted by Crippen LogP contribution is -2.45. The maximum absolute atomic E-state index is 5.38. The van der Waals surface area contributed by atoms with Crippen molar-refractivity contribution in [2.75, 3.05) is 13.6 Å². The van der Waals surface area contributed by atoms with Crippen molar-refractivity contribution in [3.05, 3.63) is 0 Å². The first-order valence-electron chi connectivity index (χ1n) is 6.15. The predicted molar refractivity (Wildman–Crippen MR) is 70.1 cm³/mol. The molecule has 1 rings (SSSR count). The summed E-state index contributed by atoms with van der Waals surface area (Å²) in [5, 5.41) is 4.23. The zero-order valence-corrected chi connectivity index (χ0v) is 11.1. The largest absolute Gasteiger partial charge is 0.363 e. The van der Waals surface area contributed by atoms with Gasteiger partial charge in [-0.2, -0.15) is 0 Å². The van der Waals surface area contributed by atoms with Crippen molar-refractivity contribution in [3.63, 3.8) is 0 Å². The molecule has 0 saturated heterocycles. The molecule has 1 N–H and O–H groups in total. The van der Waals surface area contributed by atoms with Crippen molar-refractivity contribution in [1.29, 1.82) is 0 Å². The molecule has 3 heteroatoms. The first-order valence-corrected chi connectivity index (χ1v) is 6.56. The van der Waals surface area contributed by atoms with E-state index in [4.69, 9.17) is 12.2 Å². The molecular weight excluding hydrogens is 204 g/mol. The monoisotopic (exact) mass is 228 g/mol. The van der Waals surface area contributed by atoms with Crippen LogP contribution in [0, 0.1) is 5.92 Å². The lowest BCUT2D eigenvalue weighted by molar-refractivity contribution is 0.230. The highest BCUT2D eigenvalue weighted by molar-refractivity contribution is 7.80. The van der Waals surface area contributed by atoms with Gasteiger partial charge in [-0.3, -0.25) is 0 Å². The molecule has 0 spiro atoms. The van der Waals surface area contributed by atoms with Crippen LogP contribution in [0.15, 0.2) is 0 Å². The van der Waals surface area contributed by atoms with Gasteiger partial charge in [0.2, 0.25) is 0 Å². The highest BCUT2D eigenvalue weighted by Crippen LogP contribution is 2.26. The minimum atomic E-state index is 0.658. The summed E-state index contributed by atoms with van der Waals surface area (Å²) >= 11 is 5.38. The molecule has 1 fully saturated rings. The van der Waals surface area contributed by atoms with Gasteiger partial charge < -0.3 is 10.2 Å². The van der Waals surface area contributed by atoms with Gasteiger partial charge in [0.15, 0.2) is 5.11 Å². The van der Waals surface area contributed by atoms with Crippen molar-refractivity contribution in [3.8, 4) is 0 Å². The molecule has 0 radical (unpaired) electrons. The molecule has 15 heavy (non-hydrogen) atoms. The summed E-state index contributed by atoms with van der Waals surface area (Å²) in [5.74, 6) is 0.861. The second-order valence-electron chi connectivity index (χ2n) is 4.77. The molecule has 0 aromatic rings. The Kier molecular flexibility index (Phi) is 5.37. The Morgan fingerprint density at radius 3 is 2.80 bits per heavy atom. The van der Waals surface area contributed by atoms with E-state index in [9.17, 15) is 0 Å². The Bertz CT molecular complexity index is 206. The summed E-state index contributed by atoms with van der Waals surface area (Å²) in [6, 6.07) is 0.658. The van der Waals surface area contributed by atoms with Crippen LogP contribution in [0.5, 0.6) is 0 Å². The lowest BCUT2D eigenvalue weighted by atomic mass is 9.86. The fourth-order valence-corrected chi connectivity index (χ4v) is 2.53. The summed E-state index contributed by atoms with van der Waals surface area (Å²) in [6.45, 7) is 5.51. The third kappa shape index (κ3) is 3.98. The Morgan fingerprint density at radius 2 is 2.20 bits per heavy atom. The van der Waals surface area contributed by atoms with E-state index in [-0.39, 0.29) is 0 Å². The van der Waals surface area contributed by atoms with Crippen LogP contribution in [-0.4, -0.2) is 29.6 Å². The zero-order valence-electron chi connectivity index (χ0n) is 10.3. The molecule has 0 aromatic carbocycles. The van der Waals surface area contributed by atoms with Crippen LogP contribution in [0.2, 0.25) is 0 Å². The molecule has 0 aromatic heterocycles. The molecule has 1 saturated carbocycles. The molecule has 2 nitrogen and oxygen atoms in total. The Balaban J connectivity index is 2.37. The maximum Gasteiger partial charge on any atom is 0.168 e. The van der Waals surface area contributed by atoms with Crippen LogP contribution < -0.4 is 5.32 Å². The first-order chi connectivity index (χ1) is 7.15. The number of hydrogen-bond acceptors (Lipinski definition) is 1. The van der Waals surface area contributed by atoms with Crippen LogP contribution in [0.3, 0.4) is 0 Å². The van der Waals surface area contributed by atoms with E-state index in [1.54, 1.807) is 0 Å². The average Bonchev–Trinajstić information content (AvgIpc) is 2.24. The topological polar surface area (TPSA) is 15.3 Å². The van der Waals surface area contributed by atoms with Gasteiger partial charge in [0.25, 0.3) is 0 Å². The maximum atomic E-state index is 5.38. The van der Waals surface area contributed by atoms with E-state index in [1.807, 2.05) is 0 Å². The molecule has 0 amide bonds. The third-order valence-electron chi connectivity index (χ3n) is 3.30. The van der Waals surface area contributed by atoms with Gasteiger partial charge in [-0.1, -0.05) is 26.7 Å². The first kappa shape index (κ1) is 12.8. The Hall–Kier alpha value is -0.310. The van der Waals surface area contributed by atoms with Gasteiger partial charge in [-0.25, -0.2) is 0 Å². The molecule has 0 bridgehead atoms. The van der Waals surface area contributed by atoms with Crippen molar-refractivity contribution in [2.24, 2.45) is 5.92 Å². The summed E-state index contributed by atoms with van der Waals surface area (Å²) in [7, 11) is 2.13. The van der Waals surface area contributed by atoms with Crippen LogP contribution in [0.1, 0.15) is 46.0 Å². The van der Waals surface area contributed by atoms with Gasteiger partial charge in [0.1, 0.15) is 0 Å². The molecule has 2 unspecified atom stereocenters. The third-order valence-corrected chi connectivity index (χ3v) is 3.74. The van der Waals surface area contributed by atoms with E-state index < -0.39 is 0 Å². The van der Waals surface area contributed by atoms with Crippen LogP contribution in [-0.2, 0) is 0 Å². The van der Waals surface area contributed by atoms with E-state index >= 15 is 0 Å². The number of hydrogen-bond donors (Lipinski definition) is 1. The second-order valence-corrected chi connectivity index (χ2v) is 5.16. The van der Waals surface area contributed by atoms with Gasteiger partial charge in [-0.15, -0.1) is 0 Å². The summed E-state index contributed by atoms with van der Waals surface area (Å²) in [6.07, 6.45) is 6.47. The quantitative estimate of drug-likeness (QED) is 0.748. The number of thiocarbonyl (C=S) groups is 1. The molecule has 2 atom stereocenters. The second kappa shape index (κ2) is 6.31. The summed E-state index contributed by atoms with van der Waals surface area (Å²) < 4.78 is 0. The molecule has 1 aliphatic rings. The molecule has 0 heterocycles. The number of rotatable bonds is 3. The van der Waals surface area contributed by atoms with E-state index in [1.165, 1.54) is 25.7 Å². The van der Waals surface area contributed by atoms with Crippen LogP contribution in [0.25, 0.3) is 0 Å². The van der Waals surface area contributed by atoms with Gasteiger partial charge in [-0.05, 0) is 37.4 Å². The predicted octanol–water partition coefficient (Wildman–Crippen LogP) is 2.78. The van der Waals surface area contributed by atoms with Gasteiger partial charge in [0, 0.05) is 19.6 Å². The van der Waals surface area contributed by atoms with Crippen molar-refractivity contribution < 1.29 is 0 Å². The van der Waals surface area contributed by atoms with Crippen molar-refractivity contribution >= 4 is 17.3 Å². The molecule has 88 valence electrons. The number of nitrogens with one attached hydrogen (secondary N) is 1. The van der Waals surface area contributed by atoms with Crippen molar-refractivity contribution in [1.82, 2.24) is 10.2 Å². The minimum absolute atomic E-state index is 0.658. The fourth-order valence-electron chi connectivity index (χ4n) is 2.28. The SMILES string of the molecule is CCCNC(=S)N(C)C1CCCC(C)C1. The fraction of sp³-hybridized carbons (Fsp3) is 0.917. The summed E-state index contributed by atoms with van der Waals surface area (Å²) in [4.78, 5) is 2.26. The normalized spacial score (nSPS) is 26.1.